The first-order valence-electron chi connectivity index (χ1n) is 2.41. The zero-order valence-electron chi connectivity index (χ0n) is 5.01. The third-order valence-electron chi connectivity index (χ3n) is 1.22. The van der Waals surface area contributed by atoms with Crippen LogP contribution in [0, 0.1) is 13.8 Å². The van der Waals surface area contributed by atoms with Gasteiger partial charge < -0.3 is 4.98 Å². The van der Waals surface area contributed by atoms with Gasteiger partial charge in [-0.3, -0.25) is 0 Å². The Morgan fingerprint density at radius 2 is 2.00 bits per heavy atom. The number of hydrogen-bond donors (Lipinski definition) is 1. The maximum atomic E-state index is 3.07. The van der Waals surface area contributed by atoms with Gasteiger partial charge in [-0.1, -0.05) is 0 Å². The summed E-state index contributed by atoms with van der Waals surface area (Å²) >= 11 is 0. The molecule has 0 aliphatic rings. The van der Waals surface area contributed by atoms with Crippen LogP contribution in [0.3, 0.4) is 0 Å². The Hall–Kier alpha value is -0.0966. The van der Waals surface area contributed by atoms with Crippen LogP contribution in [-0.2, 0) is 19.5 Å². The van der Waals surface area contributed by atoms with Crippen LogP contribution < -0.4 is 0 Å². The summed E-state index contributed by atoms with van der Waals surface area (Å²) in [4.78, 5) is 3.07. The van der Waals surface area contributed by atoms with Crippen LogP contribution in [0.2, 0.25) is 0 Å². The van der Waals surface area contributed by atoms with Crippen molar-refractivity contribution in [2.24, 2.45) is 0 Å². The molecule has 1 aromatic heterocycles. The third kappa shape index (κ3) is 1.45. The first-order valence-corrected chi connectivity index (χ1v) is 2.41. The molecule has 0 saturated carbocycles. The first-order chi connectivity index (χ1) is 3.30. The number of aromatic amines is 1. The predicted octanol–water partition coefficient (Wildman–Crippen LogP) is 1.63. The topological polar surface area (TPSA) is 15.8 Å². The molecule has 1 nitrogen and oxygen atoms in total. The number of H-pyrrole nitrogens is 1. The van der Waals surface area contributed by atoms with Crippen LogP contribution in [0.15, 0.2) is 12.3 Å². The van der Waals surface area contributed by atoms with Crippen molar-refractivity contribution in [1.82, 2.24) is 4.98 Å². The molecule has 46 valence electrons. The van der Waals surface area contributed by atoms with Gasteiger partial charge in [-0.2, -0.15) is 0 Å². The summed E-state index contributed by atoms with van der Waals surface area (Å²) in [6, 6.07) is 2.06. The fourth-order valence-electron chi connectivity index (χ4n) is 0.531. The summed E-state index contributed by atoms with van der Waals surface area (Å²) in [5.74, 6) is 0. The predicted molar refractivity (Wildman–Crippen MR) is 30.3 cm³/mol. The Labute approximate surface area is 62.3 Å². The Morgan fingerprint density at radius 1 is 1.38 bits per heavy atom. The molecular formula is C6H9NRu. The minimum absolute atomic E-state index is 0. The smallest absolute Gasteiger partial charge is 0.0145 e. The minimum Gasteiger partial charge on any atom is -0.365 e. The van der Waals surface area contributed by atoms with E-state index in [2.05, 4.69) is 24.9 Å². The second-order valence-corrected chi connectivity index (χ2v) is 1.79. The molecule has 0 aromatic carbocycles. The minimum atomic E-state index is 0. The van der Waals surface area contributed by atoms with E-state index in [0.717, 1.165) is 0 Å². The maximum Gasteiger partial charge on any atom is 0.0145 e. The van der Waals surface area contributed by atoms with E-state index in [0.29, 0.717) is 0 Å². The monoisotopic (exact) mass is 197 g/mol. The summed E-state index contributed by atoms with van der Waals surface area (Å²) in [6.07, 6.45) is 1.95. The molecule has 0 unspecified atom stereocenters. The molecule has 1 heterocycles. The van der Waals surface area contributed by atoms with Crippen molar-refractivity contribution < 1.29 is 19.5 Å². The largest absolute Gasteiger partial charge is 0.365 e. The van der Waals surface area contributed by atoms with Crippen LogP contribution in [0.1, 0.15) is 11.3 Å². The summed E-state index contributed by atoms with van der Waals surface area (Å²) in [5, 5.41) is 0. The Balaban J connectivity index is 0.000000490. The summed E-state index contributed by atoms with van der Waals surface area (Å²) in [5.41, 5.74) is 2.60. The molecule has 2 heteroatoms. The van der Waals surface area contributed by atoms with E-state index < -0.39 is 0 Å². The average molecular weight is 196 g/mol. The van der Waals surface area contributed by atoms with Crippen molar-refractivity contribution in [2.45, 2.75) is 13.8 Å². The van der Waals surface area contributed by atoms with E-state index in [1.54, 1.807) is 0 Å². The molecule has 0 aliphatic carbocycles. The molecule has 0 radical (unpaired) electrons. The van der Waals surface area contributed by atoms with E-state index in [-0.39, 0.29) is 19.5 Å². The van der Waals surface area contributed by atoms with Crippen LogP contribution in [0.25, 0.3) is 0 Å². The van der Waals surface area contributed by atoms with Crippen molar-refractivity contribution in [3.05, 3.63) is 23.5 Å². The Morgan fingerprint density at radius 3 is 2.12 bits per heavy atom. The maximum absolute atomic E-state index is 3.07. The molecule has 0 bridgehead atoms. The van der Waals surface area contributed by atoms with Gasteiger partial charge in [0.05, 0.1) is 0 Å². The number of aryl methyl sites for hydroxylation is 2. The molecule has 1 N–H and O–H groups in total. The standard InChI is InChI=1S/C6H9N.Ru/c1-5-3-4-7-6(5)2;/h3-4,7H,1-2H3;. The average Bonchev–Trinajstić information content (AvgIpc) is 1.91. The van der Waals surface area contributed by atoms with E-state index >= 15 is 0 Å². The van der Waals surface area contributed by atoms with Crippen molar-refractivity contribution in [2.75, 3.05) is 0 Å². The van der Waals surface area contributed by atoms with Gasteiger partial charge in [0.2, 0.25) is 0 Å². The second kappa shape index (κ2) is 3.03. The van der Waals surface area contributed by atoms with Gasteiger partial charge in [0.1, 0.15) is 0 Å². The fraction of sp³-hybridized carbons (Fsp3) is 0.333. The van der Waals surface area contributed by atoms with Crippen molar-refractivity contribution >= 4 is 0 Å². The summed E-state index contributed by atoms with van der Waals surface area (Å²) < 4.78 is 0. The van der Waals surface area contributed by atoms with Crippen molar-refractivity contribution in [3.8, 4) is 0 Å². The van der Waals surface area contributed by atoms with Crippen LogP contribution in [-0.4, -0.2) is 4.98 Å². The second-order valence-electron chi connectivity index (χ2n) is 1.79. The SMILES string of the molecule is Cc1cc[nH]c1C.[Ru]. The summed E-state index contributed by atoms with van der Waals surface area (Å²) in [7, 11) is 0. The quantitative estimate of drug-likeness (QED) is 0.607. The van der Waals surface area contributed by atoms with Gasteiger partial charge in [0.25, 0.3) is 0 Å². The van der Waals surface area contributed by atoms with Gasteiger partial charge in [0, 0.05) is 31.4 Å². The molecule has 0 amide bonds. The fourth-order valence-corrected chi connectivity index (χ4v) is 0.531. The van der Waals surface area contributed by atoms with Gasteiger partial charge in [-0.25, -0.2) is 0 Å². The molecule has 1 aromatic rings. The van der Waals surface area contributed by atoms with E-state index in [4.69, 9.17) is 0 Å². The van der Waals surface area contributed by atoms with Gasteiger partial charge in [-0.15, -0.1) is 0 Å². The normalized spacial score (nSPS) is 8.25. The van der Waals surface area contributed by atoms with Crippen LogP contribution in [0.5, 0.6) is 0 Å². The molecule has 0 atom stereocenters. The first kappa shape index (κ1) is 7.90. The molecular weight excluding hydrogens is 187 g/mol. The number of nitrogens with one attached hydrogen (secondary N) is 1. The molecule has 1 rings (SSSR count). The van der Waals surface area contributed by atoms with Gasteiger partial charge in [0.15, 0.2) is 0 Å². The number of rotatable bonds is 0. The molecule has 0 spiro atoms. The Kier molecular flexibility index (Phi) is 3.00. The third-order valence-corrected chi connectivity index (χ3v) is 1.22. The van der Waals surface area contributed by atoms with Crippen LogP contribution >= 0.6 is 0 Å². The van der Waals surface area contributed by atoms with Gasteiger partial charge in [-0.05, 0) is 25.5 Å². The van der Waals surface area contributed by atoms with Gasteiger partial charge >= 0.3 is 0 Å². The molecule has 0 saturated heterocycles. The van der Waals surface area contributed by atoms with Crippen molar-refractivity contribution in [3.63, 3.8) is 0 Å². The zero-order valence-corrected chi connectivity index (χ0v) is 6.75. The van der Waals surface area contributed by atoms with E-state index in [1.807, 2.05) is 6.20 Å². The molecule has 0 aliphatic heterocycles. The summed E-state index contributed by atoms with van der Waals surface area (Å²) in [6.45, 7) is 4.15. The van der Waals surface area contributed by atoms with Crippen LogP contribution in [0.4, 0.5) is 0 Å². The van der Waals surface area contributed by atoms with Crippen molar-refractivity contribution in [1.29, 1.82) is 0 Å². The number of hydrogen-bond acceptors (Lipinski definition) is 0. The van der Waals surface area contributed by atoms with E-state index in [9.17, 15) is 0 Å². The van der Waals surface area contributed by atoms with E-state index in [1.165, 1.54) is 11.3 Å². The molecule has 0 fully saturated rings. The molecule has 8 heavy (non-hydrogen) atoms. The zero-order chi connectivity index (χ0) is 5.28. The Bertz CT molecular complexity index is 141. The number of aromatic nitrogens is 1.